The monoisotopic (exact) mass is 298 g/mol. The summed E-state index contributed by atoms with van der Waals surface area (Å²) in [7, 11) is 1.46. The zero-order chi connectivity index (χ0) is 15.9. The van der Waals surface area contributed by atoms with Gasteiger partial charge in [-0.05, 0) is 56.7 Å². The third-order valence-corrected chi connectivity index (χ3v) is 4.72. The van der Waals surface area contributed by atoms with Crippen molar-refractivity contribution in [3.05, 3.63) is 0 Å². The van der Waals surface area contributed by atoms with Crippen LogP contribution in [-0.4, -0.2) is 50.2 Å². The van der Waals surface area contributed by atoms with Gasteiger partial charge in [0.1, 0.15) is 6.04 Å². The minimum atomic E-state index is -0.165. The van der Waals surface area contributed by atoms with Gasteiger partial charge in [-0.3, -0.25) is 4.79 Å². The van der Waals surface area contributed by atoms with E-state index < -0.39 is 0 Å². The smallest absolute Gasteiger partial charge is 0.322 e. The lowest BCUT2D eigenvalue weighted by Gasteiger charge is -2.30. The van der Waals surface area contributed by atoms with E-state index >= 15 is 0 Å². The number of likely N-dealkylation sites (tertiary alicyclic amines) is 1. The van der Waals surface area contributed by atoms with E-state index in [9.17, 15) is 4.79 Å². The molecular weight excluding hydrogens is 264 g/mol. The van der Waals surface area contributed by atoms with E-state index in [0.29, 0.717) is 5.41 Å². The number of carbonyl (C=O) groups excluding carboxylic acids is 1. The van der Waals surface area contributed by atoms with Crippen LogP contribution in [0.25, 0.3) is 0 Å². The van der Waals surface area contributed by atoms with Crippen molar-refractivity contribution >= 4 is 5.97 Å². The highest BCUT2D eigenvalue weighted by atomic mass is 16.5. The second-order valence-electron chi connectivity index (χ2n) is 7.26. The van der Waals surface area contributed by atoms with Crippen LogP contribution in [-0.2, 0) is 9.53 Å². The highest BCUT2D eigenvalue weighted by molar-refractivity contribution is 5.75. The Morgan fingerprint density at radius 1 is 1.33 bits per heavy atom. The summed E-state index contributed by atoms with van der Waals surface area (Å²) in [6.07, 6.45) is 4.70. The summed E-state index contributed by atoms with van der Waals surface area (Å²) >= 11 is 0. The molecule has 0 aromatic heterocycles. The molecule has 1 heterocycles. The van der Waals surface area contributed by atoms with Crippen molar-refractivity contribution in [1.29, 1.82) is 0 Å². The minimum absolute atomic E-state index is 0.140. The van der Waals surface area contributed by atoms with Crippen molar-refractivity contribution in [2.75, 3.05) is 33.3 Å². The molecule has 1 aliphatic rings. The zero-order valence-corrected chi connectivity index (χ0v) is 14.6. The highest BCUT2D eigenvalue weighted by Gasteiger charge is 2.27. The molecule has 1 rings (SSSR count). The Bertz CT molecular complexity index is 312. The number of carbonyl (C=O) groups is 1. The first-order valence-corrected chi connectivity index (χ1v) is 8.42. The molecular formula is C17H34N2O2. The van der Waals surface area contributed by atoms with Gasteiger partial charge in [0.2, 0.25) is 0 Å². The Morgan fingerprint density at radius 2 is 2.05 bits per heavy atom. The van der Waals surface area contributed by atoms with Crippen molar-refractivity contribution in [3.8, 4) is 0 Å². The lowest BCUT2D eigenvalue weighted by molar-refractivity contribution is -0.143. The molecule has 1 N–H and O–H groups in total. The quantitative estimate of drug-likeness (QED) is 0.766. The summed E-state index contributed by atoms with van der Waals surface area (Å²) < 4.78 is 4.87. The Kier molecular flexibility index (Phi) is 7.67. The number of rotatable bonds is 6. The van der Waals surface area contributed by atoms with Crippen LogP contribution >= 0.6 is 0 Å². The van der Waals surface area contributed by atoms with Crippen molar-refractivity contribution in [1.82, 2.24) is 10.2 Å². The lowest BCUT2D eigenvalue weighted by atomic mass is 9.77. The number of nitrogens with one attached hydrogen (secondary N) is 1. The summed E-state index contributed by atoms with van der Waals surface area (Å²) in [4.78, 5) is 14.2. The fraction of sp³-hybridized carbons (Fsp3) is 0.941. The molecule has 0 saturated carbocycles. The van der Waals surface area contributed by atoms with Gasteiger partial charge in [0.05, 0.1) is 7.11 Å². The van der Waals surface area contributed by atoms with Crippen molar-refractivity contribution in [2.24, 2.45) is 11.3 Å². The van der Waals surface area contributed by atoms with E-state index in [0.717, 1.165) is 38.5 Å². The average molecular weight is 298 g/mol. The van der Waals surface area contributed by atoms with Gasteiger partial charge in [0.15, 0.2) is 0 Å². The van der Waals surface area contributed by atoms with E-state index in [4.69, 9.17) is 4.74 Å². The molecule has 0 bridgehead atoms. The van der Waals surface area contributed by atoms with Gasteiger partial charge in [-0.1, -0.05) is 27.7 Å². The standard InChI is InChI=1S/C17H34N2O2/c1-6-18-15(16(20)21-5)10-13-19-11-7-8-14(9-12-19)17(2,3)4/h14-15,18H,6-13H2,1-5H3. The third-order valence-electron chi connectivity index (χ3n) is 4.72. The van der Waals surface area contributed by atoms with Crippen LogP contribution in [0, 0.1) is 11.3 Å². The van der Waals surface area contributed by atoms with Crippen LogP contribution in [0.3, 0.4) is 0 Å². The molecule has 4 heteroatoms. The van der Waals surface area contributed by atoms with E-state index in [-0.39, 0.29) is 12.0 Å². The highest BCUT2D eigenvalue weighted by Crippen LogP contribution is 2.34. The largest absolute Gasteiger partial charge is 0.468 e. The molecule has 4 nitrogen and oxygen atoms in total. The Labute approximate surface area is 130 Å². The Hall–Kier alpha value is -0.610. The number of hydrogen-bond acceptors (Lipinski definition) is 4. The second kappa shape index (κ2) is 8.74. The average Bonchev–Trinajstić information content (AvgIpc) is 2.67. The third kappa shape index (κ3) is 6.35. The molecule has 21 heavy (non-hydrogen) atoms. The molecule has 0 aliphatic carbocycles. The number of esters is 1. The molecule has 1 aliphatic heterocycles. The maximum Gasteiger partial charge on any atom is 0.322 e. The van der Waals surface area contributed by atoms with Crippen LogP contribution in [0.1, 0.15) is 53.4 Å². The van der Waals surface area contributed by atoms with Gasteiger partial charge < -0.3 is 15.0 Å². The Balaban J connectivity index is 2.43. The van der Waals surface area contributed by atoms with Crippen molar-refractivity contribution in [3.63, 3.8) is 0 Å². The van der Waals surface area contributed by atoms with Crippen LogP contribution in [0.2, 0.25) is 0 Å². The number of nitrogens with zero attached hydrogens (tertiary/aromatic N) is 1. The van der Waals surface area contributed by atoms with Gasteiger partial charge in [0.25, 0.3) is 0 Å². The van der Waals surface area contributed by atoms with Crippen LogP contribution in [0.5, 0.6) is 0 Å². The topological polar surface area (TPSA) is 41.6 Å². The van der Waals surface area contributed by atoms with Gasteiger partial charge in [-0.15, -0.1) is 0 Å². The fourth-order valence-electron chi connectivity index (χ4n) is 3.25. The predicted molar refractivity (Wildman–Crippen MR) is 87.3 cm³/mol. The molecule has 0 amide bonds. The summed E-state index contributed by atoms with van der Waals surface area (Å²) in [6.45, 7) is 13.2. The minimum Gasteiger partial charge on any atom is -0.468 e. The van der Waals surface area contributed by atoms with Crippen LogP contribution in [0.4, 0.5) is 0 Å². The summed E-state index contributed by atoms with van der Waals surface area (Å²) in [6, 6.07) is -0.165. The Morgan fingerprint density at radius 3 is 2.62 bits per heavy atom. The van der Waals surface area contributed by atoms with Crippen LogP contribution < -0.4 is 5.32 Å². The maximum atomic E-state index is 11.7. The number of likely N-dealkylation sites (N-methyl/N-ethyl adjacent to an activating group) is 1. The van der Waals surface area contributed by atoms with E-state index in [1.54, 1.807) is 0 Å². The first-order valence-electron chi connectivity index (χ1n) is 8.42. The molecule has 2 atom stereocenters. The second-order valence-corrected chi connectivity index (χ2v) is 7.26. The van der Waals surface area contributed by atoms with Crippen LogP contribution in [0.15, 0.2) is 0 Å². The van der Waals surface area contributed by atoms with E-state index in [1.807, 2.05) is 6.92 Å². The number of hydrogen-bond donors (Lipinski definition) is 1. The molecule has 0 radical (unpaired) electrons. The molecule has 0 spiro atoms. The van der Waals surface area contributed by atoms with Crippen molar-refractivity contribution in [2.45, 2.75) is 59.4 Å². The molecule has 1 saturated heterocycles. The van der Waals surface area contributed by atoms with Gasteiger partial charge >= 0.3 is 5.97 Å². The number of ether oxygens (including phenoxy) is 1. The molecule has 0 aromatic carbocycles. The molecule has 2 unspecified atom stereocenters. The maximum absolute atomic E-state index is 11.7. The summed E-state index contributed by atoms with van der Waals surface area (Å²) in [5.74, 6) is 0.673. The van der Waals surface area contributed by atoms with Gasteiger partial charge in [0, 0.05) is 6.54 Å². The van der Waals surface area contributed by atoms with Gasteiger partial charge in [-0.2, -0.15) is 0 Å². The first-order chi connectivity index (χ1) is 9.88. The van der Waals surface area contributed by atoms with E-state index in [2.05, 4.69) is 31.0 Å². The number of methoxy groups -OCH3 is 1. The predicted octanol–water partition coefficient (Wildman–Crippen LogP) is 2.68. The lowest BCUT2D eigenvalue weighted by Crippen LogP contribution is -2.40. The summed E-state index contributed by atoms with van der Waals surface area (Å²) in [5.41, 5.74) is 0.411. The van der Waals surface area contributed by atoms with E-state index in [1.165, 1.54) is 26.4 Å². The molecule has 0 aromatic rings. The van der Waals surface area contributed by atoms with Gasteiger partial charge in [-0.25, -0.2) is 0 Å². The normalized spacial score (nSPS) is 22.6. The first kappa shape index (κ1) is 18.4. The molecule has 1 fully saturated rings. The zero-order valence-electron chi connectivity index (χ0n) is 14.6. The summed E-state index contributed by atoms with van der Waals surface area (Å²) in [5, 5.41) is 3.22. The fourth-order valence-corrected chi connectivity index (χ4v) is 3.25. The van der Waals surface area contributed by atoms with Crippen molar-refractivity contribution < 1.29 is 9.53 Å². The SMILES string of the molecule is CCNC(CCN1CCCC(C(C)(C)C)CC1)C(=O)OC. The molecule has 124 valence electrons.